The topological polar surface area (TPSA) is 54.3 Å². The number of hydrogen-bond acceptors (Lipinski definition) is 3. The summed E-state index contributed by atoms with van der Waals surface area (Å²) >= 11 is 0. The molecule has 1 fully saturated rings. The summed E-state index contributed by atoms with van der Waals surface area (Å²) in [5.74, 6) is 0.513. The molecule has 21 heavy (non-hydrogen) atoms. The molecule has 1 aromatic heterocycles. The van der Waals surface area contributed by atoms with Crippen molar-refractivity contribution in [3.05, 3.63) is 18.0 Å². The molecule has 1 saturated carbocycles. The second-order valence-corrected chi connectivity index (χ2v) is 8.14. The van der Waals surface area contributed by atoms with Gasteiger partial charge in [0.05, 0.1) is 0 Å². The van der Waals surface area contributed by atoms with E-state index in [4.69, 9.17) is 0 Å². The van der Waals surface area contributed by atoms with Crippen molar-refractivity contribution in [2.75, 3.05) is 20.6 Å². The molecule has 1 aliphatic carbocycles. The van der Waals surface area contributed by atoms with Gasteiger partial charge in [0, 0.05) is 39.1 Å². The van der Waals surface area contributed by atoms with Crippen molar-refractivity contribution in [1.82, 2.24) is 14.2 Å². The minimum absolute atomic E-state index is 0.397. The number of nitrogens with one attached hydrogen (secondary N) is 1. The van der Waals surface area contributed by atoms with Crippen molar-refractivity contribution >= 4 is 10.0 Å². The maximum atomic E-state index is 12.7. The van der Waals surface area contributed by atoms with E-state index >= 15 is 0 Å². The predicted molar refractivity (Wildman–Crippen MR) is 84.6 cm³/mol. The van der Waals surface area contributed by atoms with Crippen molar-refractivity contribution in [2.45, 2.75) is 43.5 Å². The van der Waals surface area contributed by atoms with Gasteiger partial charge in [-0.05, 0) is 31.9 Å². The van der Waals surface area contributed by atoms with Crippen molar-refractivity contribution in [2.24, 2.45) is 13.0 Å². The van der Waals surface area contributed by atoms with E-state index in [9.17, 15) is 8.42 Å². The van der Waals surface area contributed by atoms with Crippen LogP contribution in [0.25, 0.3) is 0 Å². The molecule has 1 N–H and O–H groups in total. The molecule has 0 unspecified atom stereocenters. The minimum atomic E-state index is -3.37. The average molecular weight is 313 g/mol. The fourth-order valence-corrected chi connectivity index (χ4v) is 4.43. The summed E-state index contributed by atoms with van der Waals surface area (Å²) in [6.45, 7) is 1.30. The third-order valence-corrected chi connectivity index (χ3v) is 6.18. The zero-order chi connectivity index (χ0) is 15.5. The van der Waals surface area contributed by atoms with Crippen LogP contribution in [-0.4, -0.2) is 37.9 Å². The van der Waals surface area contributed by atoms with Gasteiger partial charge < -0.3 is 9.88 Å². The van der Waals surface area contributed by atoms with Gasteiger partial charge in [0.25, 0.3) is 0 Å². The van der Waals surface area contributed by atoms with Crippen LogP contribution in [0.2, 0.25) is 0 Å². The molecule has 0 atom stereocenters. The lowest BCUT2D eigenvalue weighted by atomic mass is 9.89. The highest BCUT2D eigenvalue weighted by Crippen LogP contribution is 2.26. The molecular formula is C15H27N3O2S. The molecule has 0 bridgehead atoms. The second kappa shape index (κ2) is 6.94. The van der Waals surface area contributed by atoms with Crippen LogP contribution in [0, 0.1) is 5.92 Å². The zero-order valence-electron chi connectivity index (χ0n) is 13.3. The van der Waals surface area contributed by atoms with Crippen molar-refractivity contribution in [3.8, 4) is 0 Å². The van der Waals surface area contributed by atoms with Crippen LogP contribution in [-0.2, 0) is 23.6 Å². The summed E-state index contributed by atoms with van der Waals surface area (Å²) in [5.41, 5.74) is 0.974. The number of aromatic nitrogens is 1. The van der Waals surface area contributed by atoms with E-state index in [1.807, 2.05) is 18.7 Å². The molecule has 1 aliphatic rings. The summed E-state index contributed by atoms with van der Waals surface area (Å²) < 4.78 is 28.7. The molecule has 0 spiro atoms. The van der Waals surface area contributed by atoms with Crippen LogP contribution in [0.4, 0.5) is 0 Å². The van der Waals surface area contributed by atoms with Gasteiger partial charge in [0.2, 0.25) is 10.0 Å². The number of aryl methyl sites for hydroxylation is 1. The van der Waals surface area contributed by atoms with Crippen LogP contribution >= 0.6 is 0 Å². The lowest BCUT2D eigenvalue weighted by Crippen LogP contribution is -2.32. The van der Waals surface area contributed by atoms with E-state index in [1.54, 1.807) is 19.3 Å². The van der Waals surface area contributed by atoms with Crippen molar-refractivity contribution in [1.29, 1.82) is 0 Å². The maximum Gasteiger partial charge on any atom is 0.244 e. The minimum Gasteiger partial charge on any atom is -0.352 e. The monoisotopic (exact) mass is 313 g/mol. The summed E-state index contributed by atoms with van der Waals surface area (Å²) in [6, 6.07) is 1.77. The molecule has 0 aromatic carbocycles. The van der Waals surface area contributed by atoms with Crippen molar-refractivity contribution in [3.63, 3.8) is 0 Å². The standard InChI is InChI=1S/C15H27N3O2S/c1-16-10-14-9-15(12-17(14)2)21(19,20)18(3)11-13-7-5-4-6-8-13/h9,12-13,16H,4-8,10-11H2,1-3H3. The maximum absolute atomic E-state index is 12.7. The number of rotatable bonds is 6. The number of hydrogen-bond donors (Lipinski definition) is 1. The fourth-order valence-electron chi connectivity index (χ4n) is 3.09. The van der Waals surface area contributed by atoms with Gasteiger partial charge in [-0.25, -0.2) is 12.7 Å². The van der Waals surface area contributed by atoms with E-state index in [2.05, 4.69) is 5.32 Å². The Hall–Kier alpha value is -0.850. The first-order valence-corrected chi connectivity index (χ1v) is 9.15. The van der Waals surface area contributed by atoms with Gasteiger partial charge in [-0.2, -0.15) is 0 Å². The Kier molecular flexibility index (Phi) is 5.46. The van der Waals surface area contributed by atoms with Gasteiger partial charge in [0.1, 0.15) is 4.90 Å². The van der Waals surface area contributed by atoms with Gasteiger partial charge in [-0.15, -0.1) is 0 Å². The second-order valence-electron chi connectivity index (χ2n) is 6.10. The molecule has 120 valence electrons. The van der Waals surface area contributed by atoms with Crippen LogP contribution in [0.3, 0.4) is 0 Å². The summed E-state index contributed by atoms with van der Waals surface area (Å²) in [4.78, 5) is 0.397. The number of sulfonamides is 1. The van der Waals surface area contributed by atoms with E-state index in [1.165, 1.54) is 23.6 Å². The first kappa shape index (κ1) is 16.5. The van der Waals surface area contributed by atoms with E-state index in [0.29, 0.717) is 23.9 Å². The highest BCUT2D eigenvalue weighted by molar-refractivity contribution is 7.89. The molecule has 0 radical (unpaired) electrons. The molecular weight excluding hydrogens is 286 g/mol. The first-order chi connectivity index (χ1) is 9.95. The molecule has 0 aliphatic heterocycles. The Morgan fingerprint density at radius 2 is 2.00 bits per heavy atom. The summed E-state index contributed by atoms with van der Waals surface area (Å²) in [5, 5.41) is 3.06. The lowest BCUT2D eigenvalue weighted by molar-refractivity contribution is 0.300. The SMILES string of the molecule is CNCc1cc(S(=O)(=O)N(C)CC2CCCCC2)cn1C. The summed E-state index contributed by atoms with van der Waals surface area (Å²) in [6.07, 6.45) is 7.77. The van der Waals surface area contributed by atoms with E-state index in [-0.39, 0.29) is 0 Å². The van der Waals surface area contributed by atoms with E-state index < -0.39 is 10.0 Å². The van der Waals surface area contributed by atoms with Crippen LogP contribution in [0.1, 0.15) is 37.8 Å². The van der Waals surface area contributed by atoms with Crippen LogP contribution < -0.4 is 5.32 Å². The Bertz CT molecular complexity index is 559. The van der Waals surface area contributed by atoms with Gasteiger partial charge in [-0.1, -0.05) is 19.3 Å². The third kappa shape index (κ3) is 3.87. The molecule has 1 heterocycles. The van der Waals surface area contributed by atoms with Gasteiger partial charge in [-0.3, -0.25) is 0 Å². The predicted octanol–water partition coefficient (Wildman–Crippen LogP) is 1.95. The van der Waals surface area contributed by atoms with Crippen molar-refractivity contribution < 1.29 is 8.42 Å². The Morgan fingerprint density at radius 3 is 2.62 bits per heavy atom. The van der Waals surface area contributed by atoms with E-state index in [0.717, 1.165) is 18.5 Å². The molecule has 6 heteroatoms. The Morgan fingerprint density at radius 1 is 1.33 bits per heavy atom. The van der Waals surface area contributed by atoms with Crippen LogP contribution in [0.15, 0.2) is 17.2 Å². The zero-order valence-corrected chi connectivity index (χ0v) is 14.1. The summed E-state index contributed by atoms with van der Waals surface area (Å²) in [7, 11) is 2.07. The fraction of sp³-hybridized carbons (Fsp3) is 0.733. The molecule has 0 saturated heterocycles. The number of nitrogens with zero attached hydrogens (tertiary/aromatic N) is 2. The Balaban J connectivity index is 2.10. The first-order valence-electron chi connectivity index (χ1n) is 7.71. The molecule has 5 nitrogen and oxygen atoms in total. The van der Waals surface area contributed by atoms with Gasteiger partial charge >= 0.3 is 0 Å². The molecule has 0 amide bonds. The highest BCUT2D eigenvalue weighted by atomic mass is 32.2. The van der Waals surface area contributed by atoms with Gasteiger partial charge in [0.15, 0.2) is 0 Å². The normalized spacial score (nSPS) is 17.5. The Labute approximate surface area is 128 Å². The third-order valence-electron chi connectivity index (χ3n) is 4.39. The molecule has 2 rings (SSSR count). The molecule has 1 aromatic rings. The average Bonchev–Trinajstić information content (AvgIpc) is 2.82. The quantitative estimate of drug-likeness (QED) is 0.873. The highest BCUT2D eigenvalue weighted by Gasteiger charge is 2.26. The lowest BCUT2D eigenvalue weighted by Gasteiger charge is -2.26. The smallest absolute Gasteiger partial charge is 0.244 e. The van der Waals surface area contributed by atoms with Crippen LogP contribution in [0.5, 0.6) is 0 Å². The largest absolute Gasteiger partial charge is 0.352 e.